The Kier molecular flexibility index (Phi) is 4.94. The third kappa shape index (κ3) is 2.82. The fraction of sp³-hybridized carbons (Fsp3) is 0.556. The predicted octanol–water partition coefficient (Wildman–Crippen LogP) is 2.02. The molecule has 1 heterocycles. The molecular formula is C27H31N3O6. The Morgan fingerprint density at radius 2 is 2.03 bits per heavy atom. The third-order valence-electron chi connectivity index (χ3n) is 9.79. The molecule has 9 heteroatoms. The zero-order chi connectivity index (χ0) is 25.6. The highest BCUT2D eigenvalue weighted by Gasteiger charge is 2.73. The van der Waals surface area contributed by atoms with Crippen LogP contribution in [0.2, 0.25) is 0 Å². The molecule has 9 nitrogen and oxygen atoms in total. The van der Waals surface area contributed by atoms with Crippen LogP contribution in [-0.4, -0.2) is 62.0 Å². The first kappa shape index (κ1) is 23.5. The summed E-state index contributed by atoms with van der Waals surface area (Å²) in [6.07, 6.45) is 2.07. The molecule has 0 aliphatic heterocycles. The van der Waals surface area contributed by atoms with E-state index in [0.717, 1.165) is 10.4 Å². The van der Waals surface area contributed by atoms with Gasteiger partial charge in [0.25, 0.3) is 0 Å². The number of Topliss-reactive ketones (excluding diaryl/α,β-unsaturated/α-hetero) is 1. The van der Waals surface area contributed by atoms with Crippen LogP contribution in [0.15, 0.2) is 48.1 Å². The van der Waals surface area contributed by atoms with Crippen LogP contribution in [0.3, 0.4) is 0 Å². The average molecular weight is 494 g/mol. The number of aliphatic hydroxyl groups is 2. The number of benzene rings is 1. The van der Waals surface area contributed by atoms with Gasteiger partial charge in [-0.05, 0) is 73.8 Å². The van der Waals surface area contributed by atoms with E-state index >= 15 is 0 Å². The maximum atomic E-state index is 14.2. The Morgan fingerprint density at radius 3 is 2.75 bits per heavy atom. The van der Waals surface area contributed by atoms with E-state index in [2.05, 4.69) is 16.9 Å². The van der Waals surface area contributed by atoms with E-state index in [0.29, 0.717) is 42.3 Å². The van der Waals surface area contributed by atoms with Gasteiger partial charge in [0.15, 0.2) is 0 Å². The second-order valence-electron chi connectivity index (χ2n) is 11.3. The summed E-state index contributed by atoms with van der Waals surface area (Å²) in [5.41, 5.74) is -0.260. The Bertz CT molecular complexity index is 1330. The van der Waals surface area contributed by atoms with Gasteiger partial charge in [0.1, 0.15) is 22.9 Å². The zero-order valence-electron chi connectivity index (χ0n) is 20.7. The van der Waals surface area contributed by atoms with Gasteiger partial charge in [-0.3, -0.25) is 4.79 Å². The maximum Gasteiger partial charge on any atom is 0.339 e. The number of hydrogen-bond acceptors (Lipinski definition) is 8. The number of ether oxygens (including phenoxy) is 1. The standard InChI is InChI=1S/C27H31N3O6/c1-14-12-26-13-27(14,34)10-9-17(26)16-11-20(35-4)23(32)25(3,15(2)31)21(16)22(26)24(33)36-30-19-8-6-5-7-18(19)28-29-30/h5-8,11,17,20-23,32,34H,1,9-10,12-13H2,2-4H3/t17-,20+,21+,22+,23-,25-,26-,27-/m0/s1. The Labute approximate surface area is 208 Å². The molecule has 1 aromatic heterocycles. The van der Waals surface area contributed by atoms with Crippen LogP contribution in [-0.2, 0) is 14.3 Å². The van der Waals surface area contributed by atoms with Crippen LogP contribution in [0.25, 0.3) is 11.0 Å². The molecule has 190 valence electrons. The molecule has 2 aromatic rings. The lowest BCUT2D eigenvalue weighted by Gasteiger charge is -2.46. The van der Waals surface area contributed by atoms with Gasteiger partial charge in [0.2, 0.25) is 0 Å². The van der Waals surface area contributed by atoms with E-state index in [1.165, 1.54) is 14.0 Å². The second kappa shape index (κ2) is 7.57. The fourth-order valence-corrected chi connectivity index (χ4v) is 7.92. The van der Waals surface area contributed by atoms with Gasteiger partial charge in [-0.1, -0.05) is 35.2 Å². The lowest BCUT2D eigenvalue weighted by molar-refractivity contribution is -0.167. The number of nitrogens with zero attached hydrogens (tertiary/aromatic N) is 3. The summed E-state index contributed by atoms with van der Waals surface area (Å²) in [6.45, 7) is 7.35. The molecule has 0 radical (unpaired) electrons. The zero-order valence-corrected chi connectivity index (χ0v) is 20.7. The number of carbonyl (C=O) groups excluding carboxylic acids is 2. The molecule has 4 aliphatic rings. The molecule has 0 amide bonds. The van der Waals surface area contributed by atoms with Gasteiger partial charge in [0, 0.05) is 13.0 Å². The predicted molar refractivity (Wildman–Crippen MR) is 128 cm³/mol. The van der Waals surface area contributed by atoms with E-state index in [1.807, 2.05) is 12.1 Å². The average Bonchev–Trinajstić information content (AvgIpc) is 3.43. The molecule has 2 N–H and O–H groups in total. The summed E-state index contributed by atoms with van der Waals surface area (Å²) < 4.78 is 5.60. The van der Waals surface area contributed by atoms with Gasteiger partial charge < -0.3 is 19.8 Å². The summed E-state index contributed by atoms with van der Waals surface area (Å²) in [5, 5.41) is 30.9. The van der Waals surface area contributed by atoms with Crippen molar-refractivity contribution in [3.8, 4) is 0 Å². The number of aromatic nitrogens is 3. The van der Waals surface area contributed by atoms with Crippen LogP contribution in [0.4, 0.5) is 0 Å². The van der Waals surface area contributed by atoms with Gasteiger partial charge in [0.05, 0.1) is 23.0 Å². The first-order valence-electron chi connectivity index (χ1n) is 12.4. The summed E-state index contributed by atoms with van der Waals surface area (Å²) in [4.78, 5) is 34.4. The van der Waals surface area contributed by atoms with Crippen molar-refractivity contribution < 1.29 is 29.4 Å². The molecule has 0 unspecified atom stereocenters. The third-order valence-corrected chi connectivity index (χ3v) is 9.79. The SMILES string of the molecule is C=C1C[C@]23C[C@@]1(O)CC[C@H]2C1=C[C@@H](OC)[C@H](O)[C@@](C)(C(C)=O)[C@H]1[C@@H]3C(=O)On1nnc2ccccc21. The first-order chi connectivity index (χ1) is 17.1. The molecular weight excluding hydrogens is 462 g/mol. The molecule has 1 aromatic carbocycles. The minimum absolute atomic E-state index is 0.0732. The number of para-hydroxylation sites is 1. The molecule has 2 bridgehead atoms. The lowest BCUT2D eigenvalue weighted by Crippen LogP contribution is -2.56. The van der Waals surface area contributed by atoms with Crippen LogP contribution in [0.5, 0.6) is 0 Å². The topological polar surface area (TPSA) is 124 Å². The van der Waals surface area contributed by atoms with Crippen molar-refractivity contribution in [1.82, 2.24) is 15.2 Å². The lowest BCUT2D eigenvalue weighted by atomic mass is 9.58. The van der Waals surface area contributed by atoms with Crippen molar-refractivity contribution >= 4 is 22.8 Å². The van der Waals surface area contributed by atoms with Crippen LogP contribution in [0, 0.1) is 28.6 Å². The Hall–Kier alpha value is -2.88. The molecule has 8 atom stereocenters. The number of allylic oxidation sites excluding steroid dienone is 1. The van der Waals surface area contributed by atoms with Gasteiger partial charge >= 0.3 is 5.97 Å². The summed E-state index contributed by atoms with van der Waals surface area (Å²) in [6, 6.07) is 7.16. The highest BCUT2D eigenvalue weighted by Crippen LogP contribution is 2.73. The minimum Gasteiger partial charge on any atom is -0.389 e. The number of fused-ring (bicyclic) bond motifs is 4. The van der Waals surface area contributed by atoms with E-state index in [9.17, 15) is 19.8 Å². The summed E-state index contributed by atoms with van der Waals surface area (Å²) in [5.74, 6) is -2.27. The smallest absolute Gasteiger partial charge is 0.339 e. The number of ketones is 1. The second-order valence-corrected chi connectivity index (χ2v) is 11.3. The minimum atomic E-state index is -1.28. The largest absolute Gasteiger partial charge is 0.389 e. The summed E-state index contributed by atoms with van der Waals surface area (Å²) >= 11 is 0. The van der Waals surface area contributed by atoms with E-state index in [4.69, 9.17) is 9.57 Å². The number of carbonyl (C=O) groups is 2. The Balaban J connectivity index is 1.52. The number of hydrogen-bond donors (Lipinski definition) is 2. The molecule has 3 fully saturated rings. The molecule has 4 aliphatic carbocycles. The monoisotopic (exact) mass is 493 g/mol. The van der Waals surface area contributed by atoms with Crippen LogP contribution >= 0.6 is 0 Å². The number of rotatable bonds is 4. The van der Waals surface area contributed by atoms with Crippen molar-refractivity contribution in [1.29, 1.82) is 0 Å². The van der Waals surface area contributed by atoms with Crippen molar-refractivity contribution in [3.05, 3.63) is 48.1 Å². The van der Waals surface area contributed by atoms with Crippen molar-refractivity contribution in [2.45, 2.75) is 57.3 Å². The van der Waals surface area contributed by atoms with Crippen LogP contribution < -0.4 is 4.84 Å². The summed E-state index contributed by atoms with van der Waals surface area (Å²) in [7, 11) is 1.51. The van der Waals surface area contributed by atoms with Crippen LogP contribution in [0.1, 0.15) is 39.5 Å². The van der Waals surface area contributed by atoms with Gasteiger partial charge in [-0.2, -0.15) is 0 Å². The molecule has 1 spiro atoms. The number of aliphatic hydroxyl groups excluding tert-OH is 1. The van der Waals surface area contributed by atoms with Gasteiger partial charge in [-0.15, -0.1) is 5.10 Å². The molecule has 36 heavy (non-hydrogen) atoms. The highest BCUT2D eigenvalue weighted by molar-refractivity contribution is 5.87. The quantitative estimate of drug-likeness (QED) is 0.490. The molecule has 0 saturated heterocycles. The van der Waals surface area contributed by atoms with Crippen molar-refractivity contribution in [3.63, 3.8) is 0 Å². The fourth-order valence-electron chi connectivity index (χ4n) is 7.92. The van der Waals surface area contributed by atoms with Crippen molar-refractivity contribution in [2.24, 2.45) is 28.6 Å². The Morgan fingerprint density at radius 1 is 1.28 bits per heavy atom. The van der Waals surface area contributed by atoms with Gasteiger partial charge in [-0.25, -0.2) is 4.79 Å². The van der Waals surface area contributed by atoms with Crippen molar-refractivity contribution in [2.75, 3.05) is 7.11 Å². The van der Waals surface area contributed by atoms with E-state index in [1.54, 1.807) is 25.1 Å². The van der Waals surface area contributed by atoms with E-state index in [-0.39, 0.29) is 11.7 Å². The maximum absolute atomic E-state index is 14.2. The van der Waals surface area contributed by atoms with E-state index < -0.39 is 46.4 Å². The number of methoxy groups -OCH3 is 1. The molecule has 3 saturated carbocycles. The molecule has 6 rings (SSSR count). The first-order valence-corrected chi connectivity index (χ1v) is 12.4. The normalized spacial score (nSPS) is 41.1. The highest BCUT2D eigenvalue weighted by atomic mass is 16.7.